The van der Waals surface area contributed by atoms with Gasteiger partial charge in [0.05, 0.1) is 24.1 Å². The number of benzene rings is 2. The molecule has 5 nitrogen and oxygen atoms in total. The fraction of sp³-hybridized carbons (Fsp3) is 0.381. The molecule has 0 bridgehead atoms. The van der Waals surface area contributed by atoms with Gasteiger partial charge < -0.3 is 19.3 Å². The second kappa shape index (κ2) is 8.05. The highest BCUT2D eigenvalue weighted by Gasteiger charge is 2.24. The summed E-state index contributed by atoms with van der Waals surface area (Å²) in [6.45, 7) is 6.46. The van der Waals surface area contributed by atoms with Gasteiger partial charge in [0.2, 0.25) is 0 Å². The lowest BCUT2D eigenvalue weighted by Crippen LogP contribution is -2.46. The molecular weight excluding hydrogens is 358 g/mol. The van der Waals surface area contributed by atoms with Gasteiger partial charge in [-0.05, 0) is 42.2 Å². The molecule has 141 valence electrons. The van der Waals surface area contributed by atoms with Crippen molar-refractivity contribution in [3.8, 4) is 11.5 Å². The van der Waals surface area contributed by atoms with Gasteiger partial charge in [-0.1, -0.05) is 19.1 Å². The Morgan fingerprint density at radius 1 is 1.11 bits per heavy atom. The minimum absolute atomic E-state index is 0.668. The lowest BCUT2D eigenvalue weighted by molar-refractivity contribution is 0.293. The summed E-state index contributed by atoms with van der Waals surface area (Å²) in [7, 11) is 1.70. The van der Waals surface area contributed by atoms with Crippen LogP contribution in [-0.4, -0.2) is 44.3 Å². The number of ether oxygens (including phenoxy) is 2. The molecule has 2 heterocycles. The zero-order valence-corrected chi connectivity index (χ0v) is 16.6. The zero-order valence-electron chi connectivity index (χ0n) is 15.8. The normalized spacial score (nSPS) is 14.6. The van der Waals surface area contributed by atoms with Crippen molar-refractivity contribution in [2.24, 2.45) is 0 Å². The van der Waals surface area contributed by atoms with Gasteiger partial charge >= 0.3 is 0 Å². The number of hydrogen-bond acceptors (Lipinski definition) is 6. The van der Waals surface area contributed by atoms with Crippen molar-refractivity contribution in [2.45, 2.75) is 13.3 Å². The third-order valence-corrected chi connectivity index (χ3v) is 5.64. The number of aromatic nitrogens is 1. The molecule has 0 N–H and O–H groups in total. The zero-order chi connectivity index (χ0) is 18.6. The minimum atomic E-state index is 0.668. The van der Waals surface area contributed by atoms with Crippen LogP contribution in [0.5, 0.6) is 11.5 Å². The van der Waals surface area contributed by atoms with Crippen LogP contribution in [0, 0.1) is 6.07 Å². The minimum Gasteiger partial charge on any atom is -0.491 e. The van der Waals surface area contributed by atoms with E-state index in [9.17, 15) is 0 Å². The number of nitrogens with zero attached hydrogens (tertiary/aromatic N) is 3. The first-order valence-electron chi connectivity index (χ1n) is 9.37. The molecule has 3 aromatic rings. The summed E-state index contributed by atoms with van der Waals surface area (Å²) in [5.74, 6) is 2.58. The van der Waals surface area contributed by atoms with Crippen molar-refractivity contribution in [1.29, 1.82) is 0 Å². The van der Waals surface area contributed by atoms with Crippen LogP contribution >= 0.6 is 11.5 Å². The Kier molecular flexibility index (Phi) is 5.34. The molecule has 4 rings (SSSR count). The molecule has 1 fully saturated rings. The Morgan fingerprint density at radius 3 is 2.67 bits per heavy atom. The molecule has 1 aliphatic heterocycles. The topological polar surface area (TPSA) is 37.8 Å². The SMILES string of the molecule is CCCOc1[c]ccc(N2CCN(c3nsc4ccccc34)CC2)c1OC. The highest BCUT2D eigenvalue weighted by atomic mass is 32.1. The Labute approximate surface area is 164 Å². The van der Waals surface area contributed by atoms with Gasteiger partial charge in [0, 0.05) is 37.6 Å². The van der Waals surface area contributed by atoms with Crippen molar-refractivity contribution in [2.75, 3.05) is 49.7 Å². The molecule has 0 saturated carbocycles. The van der Waals surface area contributed by atoms with Crippen molar-refractivity contribution in [3.63, 3.8) is 0 Å². The number of rotatable bonds is 6. The summed E-state index contributed by atoms with van der Waals surface area (Å²) in [6.07, 6.45) is 0.960. The third-order valence-electron chi connectivity index (χ3n) is 4.83. The first kappa shape index (κ1) is 17.9. The van der Waals surface area contributed by atoms with Crippen molar-refractivity contribution >= 4 is 33.1 Å². The van der Waals surface area contributed by atoms with Crippen LogP contribution in [0.15, 0.2) is 36.4 Å². The van der Waals surface area contributed by atoms with Crippen LogP contribution in [0.2, 0.25) is 0 Å². The average molecular weight is 383 g/mol. The van der Waals surface area contributed by atoms with E-state index in [2.05, 4.69) is 53.1 Å². The molecule has 27 heavy (non-hydrogen) atoms. The second-order valence-electron chi connectivity index (χ2n) is 6.55. The predicted octanol–water partition coefficient (Wildman–Crippen LogP) is 4.22. The highest BCUT2D eigenvalue weighted by molar-refractivity contribution is 7.13. The molecule has 0 unspecified atom stereocenters. The molecule has 1 saturated heterocycles. The van der Waals surface area contributed by atoms with Crippen LogP contribution in [0.3, 0.4) is 0 Å². The van der Waals surface area contributed by atoms with Crippen molar-refractivity contribution < 1.29 is 9.47 Å². The fourth-order valence-electron chi connectivity index (χ4n) is 3.47. The summed E-state index contributed by atoms with van der Waals surface area (Å²) in [5, 5.41) is 1.25. The number of fused-ring (bicyclic) bond motifs is 1. The Hall–Kier alpha value is -2.47. The smallest absolute Gasteiger partial charge is 0.184 e. The Bertz CT molecular complexity index is 903. The van der Waals surface area contributed by atoms with E-state index < -0.39 is 0 Å². The van der Waals surface area contributed by atoms with Gasteiger partial charge in [0.1, 0.15) is 5.82 Å². The maximum absolute atomic E-state index is 5.81. The molecule has 1 radical (unpaired) electrons. The summed E-state index contributed by atoms with van der Waals surface area (Å²) in [4.78, 5) is 4.74. The van der Waals surface area contributed by atoms with E-state index in [4.69, 9.17) is 13.8 Å². The summed E-state index contributed by atoms with van der Waals surface area (Å²) < 4.78 is 17.4. The standard InChI is InChI=1S/C21H24N3O2S/c1-3-15-26-18-9-6-8-17(20(18)25-2)23-11-13-24(14-12-23)21-16-7-4-5-10-19(16)27-22-21/h4-8,10H,3,11-15H2,1-2H3. The maximum Gasteiger partial charge on any atom is 0.184 e. The summed E-state index contributed by atoms with van der Waals surface area (Å²) >= 11 is 1.57. The lowest BCUT2D eigenvalue weighted by atomic mass is 10.2. The molecular formula is C21H24N3O2S. The van der Waals surface area contributed by atoms with Crippen LogP contribution in [0.1, 0.15) is 13.3 Å². The first-order chi connectivity index (χ1) is 13.3. The van der Waals surface area contributed by atoms with E-state index in [-0.39, 0.29) is 0 Å². The number of anilines is 2. The molecule has 0 aliphatic carbocycles. The van der Waals surface area contributed by atoms with Gasteiger partial charge in [-0.2, -0.15) is 4.37 Å². The Balaban J connectivity index is 1.51. The first-order valence-corrected chi connectivity index (χ1v) is 10.1. The summed E-state index contributed by atoms with van der Waals surface area (Å²) in [6, 6.07) is 15.6. The van der Waals surface area contributed by atoms with Gasteiger partial charge in [-0.15, -0.1) is 0 Å². The average Bonchev–Trinajstić information content (AvgIpc) is 3.16. The highest BCUT2D eigenvalue weighted by Crippen LogP contribution is 2.38. The maximum atomic E-state index is 5.81. The number of hydrogen-bond donors (Lipinski definition) is 0. The monoisotopic (exact) mass is 382 g/mol. The molecule has 6 heteroatoms. The largest absolute Gasteiger partial charge is 0.491 e. The van der Waals surface area contributed by atoms with Crippen LogP contribution in [0.4, 0.5) is 11.5 Å². The lowest BCUT2D eigenvalue weighted by Gasteiger charge is -2.37. The number of piperazine rings is 1. The molecule has 0 spiro atoms. The quantitative estimate of drug-likeness (QED) is 0.638. The van der Waals surface area contributed by atoms with E-state index in [1.807, 2.05) is 6.07 Å². The molecule has 2 aromatic carbocycles. The molecule has 0 amide bonds. The number of methoxy groups -OCH3 is 1. The molecule has 1 aliphatic rings. The fourth-order valence-corrected chi connectivity index (χ4v) is 4.27. The van der Waals surface area contributed by atoms with Gasteiger partial charge in [-0.3, -0.25) is 0 Å². The third kappa shape index (κ3) is 3.54. The Morgan fingerprint density at radius 2 is 1.89 bits per heavy atom. The predicted molar refractivity (Wildman–Crippen MR) is 112 cm³/mol. The van der Waals surface area contributed by atoms with Gasteiger partial charge in [0.25, 0.3) is 0 Å². The van der Waals surface area contributed by atoms with Gasteiger partial charge in [-0.25, -0.2) is 0 Å². The van der Waals surface area contributed by atoms with Crippen LogP contribution < -0.4 is 19.3 Å². The summed E-state index contributed by atoms with van der Waals surface area (Å²) in [5.41, 5.74) is 1.07. The second-order valence-corrected chi connectivity index (χ2v) is 7.36. The van der Waals surface area contributed by atoms with Crippen molar-refractivity contribution in [1.82, 2.24) is 4.37 Å². The molecule has 0 atom stereocenters. The van der Waals surface area contributed by atoms with E-state index in [0.717, 1.165) is 49.9 Å². The van der Waals surface area contributed by atoms with E-state index in [0.29, 0.717) is 12.4 Å². The van der Waals surface area contributed by atoms with E-state index in [1.54, 1.807) is 18.6 Å². The van der Waals surface area contributed by atoms with Crippen LogP contribution in [0.25, 0.3) is 10.1 Å². The van der Waals surface area contributed by atoms with Crippen LogP contribution in [-0.2, 0) is 0 Å². The molecule has 1 aromatic heterocycles. The van der Waals surface area contributed by atoms with E-state index in [1.165, 1.54) is 10.1 Å². The van der Waals surface area contributed by atoms with Crippen molar-refractivity contribution in [3.05, 3.63) is 42.5 Å². The van der Waals surface area contributed by atoms with E-state index >= 15 is 0 Å². The van der Waals surface area contributed by atoms with Gasteiger partial charge in [0.15, 0.2) is 11.5 Å².